The summed E-state index contributed by atoms with van der Waals surface area (Å²) in [5.41, 5.74) is 3.42. The summed E-state index contributed by atoms with van der Waals surface area (Å²) < 4.78 is 39.2. The quantitative estimate of drug-likeness (QED) is 0.461. The number of aromatic nitrogens is 1. The summed E-state index contributed by atoms with van der Waals surface area (Å²) in [4.78, 5) is 13.7. The second-order valence-corrected chi connectivity index (χ2v) is 9.16. The topological polar surface area (TPSA) is 56.1 Å². The smallest absolute Gasteiger partial charge is 0.262 e. The number of halogens is 1. The third-order valence-electron chi connectivity index (χ3n) is 5.17. The highest BCUT2D eigenvalue weighted by Crippen LogP contribution is 2.36. The van der Waals surface area contributed by atoms with Crippen LogP contribution in [0.2, 0.25) is 0 Å². The molecular weight excluding hydrogens is 401 g/mol. The molecule has 0 saturated heterocycles. The van der Waals surface area contributed by atoms with Crippen LogP contribution >= 0.6 is 0 Å². The van der Waals surface area contributed by atoms with Crippen LogP contribution in [0.4, 0.5) is 4.39 Å². The number of carbonyl (C=O) groups is 1. The van der Waals surface area contributed by atoms with E-state index in [2.05, 4.69) is 0 Å². The van der Waals surface area contributed by atoms with Crippen molar-refractivity contribution in [3.63, 3.8) is 0 Å². The summed E-state index contributed by atoms with van der Waals surface area (Å²) in [7, 11) is -3.40. The Hall–Kier alpha value is -3.25. The molecule has 0 atom stereocenters. The molecule has 0 radical (unpaired) electrons. The highest BCUT2D eigenvalue weighted by atomic mass is 32.2. The van der Waals surface area contributed by atoms with Gasteiger partial charge >= 0.3 is 0 Å². The molecule has 0 unspecified atom stereocenters. The lowest BCUT2D eigenvalue weighted by Gasteiger charge is -2.11. The molecular formula is C24H20FNO3S. The van der Waals surface area contributed by atoms with Gasteiger partial charge in [0.1, 0.15) is 5.82 Å². The highest BCUT2D eigenvalue weighted by molar-refractivity contribution is 7.90. The minimum absolute atomic E-state index is 0.204. The zero-order valence-electron chi connectivity index (χ0n) is 16.6. The van der Waals surface area contributed by atoms with Crippen LogP contribution < -0.4 is 0 Å². The van der Waals surface area contributed by atoms with Crippen molar-refractivity contribution in [2.45, 2.75) is 18.2 Å². The Labute approximate surface area is 174 Å². The van der Waals surface area contributed by atoms with Gasteiger partial charge in [-0.1, -0.05) is 37.3 Å². The lowest BCUT2D eigenvalue weighted by Crippen LogP contribution is -2.13. The molecule has 0 aliphatic carbocycles. The Morgan fingerprint density at radius 2 is 1.63 bits per heavy atom. The molecule has 0 aliphatic heterocycles. The molecule has 4 nitrogen and oxygen atoms in total. The van der Waals surface area contributed by atoms with Gasteiger partial charge in [0.25, 0.3) is 5.91 Å². The summed E-state index contributed by atoms with van der Waals surface area (Å²) in [5, 5.41) is 0.717. The Balaban J connectivity index is 2.09. The monoisotopic (exact) mass is 421 g/mol. The van der Waals surface area contributed by atoms with E-state index in [1.807, 2.05) is 37.3 Å². The van der Waals surface area contributed by atoms with E-state index in [0.29, 0.717) is 23.2 Å². The Morgan fingerprint density at radius 3 is 2.23 bits per heavy atom. The predicted octanol–water partition coefficient (Wildman–Crippen LogP) is 5.10. The van der Waals surface area contributed by atoms with Crippen LogP contribution in [0.1, 0.15) is 22.8 Å². The summed E-state index contributed by atoms with van der Waals surface area (Å²) in [5.74, 6) is -0.718. The molecule has 152 valence electrons. The third kappa shape index (κ3) is 3.44. The van der Waals surface area contributed by atoms with Gasteiger partial charge in [-0.3, -0.25) is 9.36 Å². The standard InChI is InChI=1S/C24H20FNO3S/c1-3-20-21-15-19(30(2,28)29)13-14-22(21)26(23(20)16-7-5-4-6-8-16)24(27)17-9-11-18(25)12-10-17/h4-15H,3H2,1-2H3. The Bertz CT molecular complexity index is 1360. The van der Waals surface area contributed by atoms with E-state index in [9.17, 15) is 17.6 Å². The fraction of sp³-hybridized carbons (Fsp3) is 0.125. The number of fused-ring (bicyclic) bond motifs is 1. The van der Waals surface area contributed by atoms with Crippen LogP contribution in [-0.4, -0.2) is 25.1 Å². The van der Waals surface area contributed by atoms with Crippen molar-refractivity contribution in [3.05, 3.63) is 89.7 Å². The second kappa shape index (κ2) is 7.54. The average Bonchev–Trinajstić information content (AvgIpc) is 3.07. The van der Waals surface area contributed by atoms with Gasteiger partial charge in [-0.25, -0.2) is 12.8 Å². The number of nitrogens with zero attached hydrogens (tertiary/aromatic N) is 1. The van der Waals surface area contributed by atoms with E-state index in [0.717, 1.165) is 16.5 Å². The van der Waals surface area contributed by atoms with Crippen LogP contribution in [0.3, 0.4) is 0 Å². The van der Waals surface area contributed by atoms with Crippen LogP contribution in [0.25, 0.3) is 22.2 Å². The zero-order valence-corrected chi connectivity index (χ0v) is 17.4. The van der Waals surface area contributed by atoms with Crippen LogP contribution in [0.5, 0.6) is 0 Å². The van der Waals surface area contributed by atoms with E-state index in [4.69, 9.17) is 0 Å². The molecule has 30 heavy (non-hydrogen) atoms. The molecule has 4 aromatic rings. The van der Waals surface area contributed by atoms with E-state index in [1.165, 1.54) is 36.6 Å². The summed E-state index contributed by atoms with van der Waals surface area (Å²) >= 11 is 0. The first kappa shape index (κ1) is 20.0. The van der Waals surface area contributed by atoms with Crippen molar-refractivity contribution in [2.75, 3.05) is 6.26 Å². The minimum atomic E-state index is -3.40. The molecule has 1 aromatic heterocycles. The fourth-order valence-corrected chi connectivity index (χ4v) is 4.40. The van der Waals surface area contributed by atoms with E-state index >= 15 is 0 Å². The van der Waals surface area contributed by atoms with Gasteiger partial charge in [0.2, 0.25) is 0 Å². The van der Waals surface area contributed by atoms with Gasteiger partial charge in [-0.15, -0.1) is 0 Å². The summed E-state index contributed by atoms with van der Waals surface area (Å²) in [6, 6.07) is 19.7. The lowest BCUT2D eigenvalue weighted by atomic mass is 10.0. The van der Waals surface area contributed by atoms with Crippen molar-refractivity contribution >= 4 is 26.6 Å². The van der Waals surface area contributed by atoms with Crippen LogP contribution in [-0.2, 0) is 16.3 Å². The maximum absolute atomic E-state index is 13.5. The molecule has 0 spiro atoms. The SMILES string of the molecule is CCc1c(-c2ccccc2)n(C(=O)c2ccc(F)cc2)c2ccc(S(C)(=O)=O)cc12. The van der Waals surface area contributed by atoms with Crippen molar-refractivity contribution in [1.82, 2.24) is 4.57 Å². The van der Waals surface area contributed by atoms with E-state index in [-0.39, 0.29) is 10.8 Å². The molecule has 0 N–H and O–H groups in total. The largest absolute Gasteiger partial charge is 0.275 e. The van der Waals surface area contributed by atoms with Gasteiger partial charge in [0.15, 0.2) is 9.84 Å². The second-order valence-electron chi connectivity index (χ2n) is 7.15. The number of carbonyl (C=O) groups excluding carboxylic acids is 1. The van der Waals surface area contributed by atoms with Crippen LogP contribution in [0.15, 0.2) is 77.7 Å². The maximum Gasteiger partial charge on any atom is 0.262 e. The molecule has 0 amide bonds. The summed E-state index contributed by atoms with van der Waals surface area (Å²) in [6.07, 6.45) is 1.77. The first-order valence-electron chi connectivity index (χ1n) is 9.54. The van der Waals surface area contributed by atoms with Crippen molar-refractivity contribution < 1.29 is 17.6 Å². The van der Waals surface area contributed by atoms with E-state index < -0.39 is 15.7 Å². The molecule has 0 fully saturated rings. The Kier molecular flexibility index (Phi) is 5.03. The fourth-order valence-electron chi connectivity index (χ4n) is 3.76. The van der Waals surface area contributed by atoms with Gasteiger partial charge < -0.3 is 0 Å². The molecule has 4 rings (SSSR count). The highest BCUT2D eigenvalue weighted by Gasteiger charge is 2.24. The van der Waals surface area contributed by atoms with Gasteiger partial charge in [0.05, 0.1) is 16.1 Å². The van der Waals surface area contributed by atoms with Gasteiger partial charge in [-0.2, -0.15) is 0 Å². The van der Waals surface area contributed by atoms with Crippen molar-refractivity contribution in [1.29, 1.82) is 0 Å². The van der Waals surface area contributed by atoms with Gasteiger partial charge in [0, 0.05) is 17.2 Å². The van der Waals surface area contributed by atoms with Crippen molar-refractivity contribution in [3.8, 4) is 11.3 Å². The van der Waals surface area contributed by atoms with Gasteiger partial charge in [-0.05, 0) is 60.0 Å². The molecule has 3 aromatic carbocycles. The molecule has 0 aliphatic rings. The number of benzene rings is 3. The maximum atomic E-state index is 13.5. The van der Waals surface area contributed by atoms with Crippen LogP contribution in [0, 0.1) is 5.82 Å². The number of hydrogen-bond donors (Lipinski definition) is 0. The predicted molar refractivity (Wildman–Crippen MR) is 116 cm³/mol. The van der Waals surface area contributed by atoms with E-state index in [1.54, 1.807) is 16.7 Å². The number of hydrogen-bond acceptors (Lipinski definition) is 3. The molecule has 0 bridgehead atoms. The number of rotatable bonds is 4. The molecule has 6 heteroatoms. The number of aryl methyl sites for hydroxylation is 1. The molecule has 0 saturated carbocycles. The number of sulfone groups is 1. The third-order valence-corrected chi connectivity index (χ3v) is 6.28. The lowest BCUT2D eigenvalue weighted by molar-refractivity contribution is 0.0966. The zero-order chi connectivity index (χ0) is 21.5. The average molecular weight is 421 g/mol. The first-order valence-corrected chi connectivity index (χ1v) is 11.4. The molecule has 1 heterocycles. The Morgan fingerprint density at radius 1 is 0.967 bits per heavy atom. The first-order chi connectivity index (χ1) is 14.3. The summed E-state index contributed by atoms with van der Waals surface area (Å²) in [6.45, 7) is 1.97. The minimum Gasteiger partial charge on any atom is -0.275 e. The normalized spacial score (nSPS) is 11.7. The van der Waals surface area contributed by atoms with Crippen molar-refractivity contribution in [2.24, 2.45) is 0 Å².